The fourth-order valence-corrected chi connectivity index (χ4v) is 7.32. The van der Waals surface area contributed by atoms with Crippen LogP contribution in [0.4, 0.5) is 9.59 Å². The van der Waals surface area contributed by atoms with Crippen LogP contribution < -0.4 is 10.6 Å². The van der Waals surface area contributed by atoms with Crippen LogP contribution in [0.15, 0.2) is 60.9 Å². The molecule has 4 heterocycles. The molecule has 0 radical (unpaired) electrons. The number of aromatic amines is 2. The lowest BCUT2D eigenvalue weighted by Gasteiger charge is -2.30. The molecule has 0 unspecified atom stereocenters. The summed E-state index contributed by atoms with van der Waals surface area (Å²) in [4.78, 5) is 71.0. The minimum absolute atomic E-state index is 0.321. The Labute approximate surface area is 323 Å². The first-order valence-electron chi connectivity index (χ1n) is 21.2. The highest BCUT2D eigenvalue weighted by Crippen LogP contribution is 2.35. The van der Waals surface area contributed by atoms with Gasteiger partial charge in [0.05, 0.1) is 58.2 Å². The number of benzene rings is 2. The van der Waals surface area contributed by atoms with E-state index >= 15 is 0 Å². The summed E-state index contributed by atoms with van der Waals surface area (Å²) in [6.07, 6.45) is 3.92. The van der Waals surface area contributed by atoms with Gasteiger partial charge in [0.1, 0.15) is 23.7 Å². The summed E-state index contributed by atoms with van der Waals surface area (Å²) < 4.78 is 52.0. The van der Waals surface area contributed by atoms with Crippen LogP contribution >= 0.6 is 0 Å². The Bertz CT molecular complexity index is 2000. The lowest BCUT2D eigenvalue weighted by atomic mass is 10.0. The summed E-state index contributed by atoms with van der Waals surface area (Å²) in [7, 11) is -5.85. The maximum Gasteiger partial charge on any atom is 0.407 e. The minimum Gasteiger partial charge on any atom is -0.453 e. The van der Waals surface area contributed by atoms with E-state index in [4.69, 9.17) is 8.22 Å². The molecule has 2 aromatic carbocycles. The molecular weight excluding hydrogens is 688 g/mol. The number of carbonyl (C=O) groups is 4. The number of likely N-dealkylation sites (tertiary alicyclic amines) is 2. The molecule has 6 rings (SSSR count). The average molecular weight is 745 g/mol. The summed E-state index contributed by atoms with van der Waals surface area (Å²) in [5.41, 5.74) is 5.32. The van der Waals surface area contributed by atoms with E-state index in [1.165, 1.54) is 0 Å². The van der Waals surface area contributed by atoms with Crippen molar-refractivity contribution in [2.24, 2.45) is 11.8 Å². The van der Waals surface area contributed by atoms with Crippen LogP contribution in [-0.4, -0.2) is 93.0 Å². The van der Waals surface area contributed by atoms with E-state index in [1.54, 1.807) is 49.9 Å². The first-order valence-corrected chi connectivity index (χ1v) is 18.2. The van der Waals surface area contributed by atoms with Gasteiger partial charge in [-0.05, 0) is 59.8 Å². The first-order chi connectivity index (χ1) is 28.3. The molecule has 4 atom stereocenters. The van der Waals surface area contributed by atoms with Crippen molar-refractivity contribution in [3.63, 3.8) is 0 Å². The number of imidazole rings is 2. The first kappa shape index (κ1) is 30.8. The van der Waals surface area contributed by atoms with Crippen molar-refractivity contribution in [1.82, 2.24) is 40.4 Å². The third-order valence-electron chi connectivity index (χ3n) is 10.2. The molecule has 2 aliphatic heterocycles. The predicted molar refractivity (Wildman–Crippen MR) is 203 cm³/mol. The van der Waals surface area contributed by atoms with E-state index in [2.05, 4.69) is 40.0 Å². The van der Waals surface area contributed by atoms with Crippen LogP contribution in [0, 0.1) is 11.8 Å². The highest BCUT2D eigenvalue weighted by Gasteiger charge is 2.39. The Hall–Kier alpha value is -5.66. The third-order valence-corrected chi connectivity index (χ3v) is 10.2. The van der Waals surface area contributed by atoms with Gasteiger partial charge in [-0.2, -0.15) is 0 Å². The molecule has 14 heteroatoms. The molecule has 2 aromatic heterocycles. The maximum absolute atomic E-state index is 13.6. The minimum atomic E-state index is -2.93. The van der Waals surface area contributed by atoms with E-state index in [-0.39, 0.29) is 35.7 Å². The lowest BCUT2D eigenvalue weighted by Crippen LogP contribution is -2.51. The van der Waals surface area contributed by atoms with Gasteiger partial charge in [0.15, 0.2) is 0 Å². The molecule has 2 aliphatic rings. The standard InChI is InChI=1S/C40H50N8O6/c1-23(2)33(45-39(51)53-5)37(49)47-19-7-9-31(47)35-41-21-29(43-35)27-15-11-25(12-16-27)26-13-17-28(18-14-26)30-22-42-36(44-30)32-10-8-20-48(32)38(50)34(24(3)4)46-40(52)54-6/h11-18,21-24,31-34H,7-10,19-20H2,1-6H3,(H,41,43)(H,42,44)(H,45,51)(H,46,52)/t31-,32-,33+,34+/m1/s1/i5D3,6D3. The largest absolute Gasteiger partial charge is 0.453 e. The second kappa shape index (κ2) is 16.6. The number of hydrogen-bond donors (Lipinski definition) is 4. The number of nitrogens with zero attached hydrogens (tertiary/aromatic N) is 4. The second-order valence-corrected chi connectivity index (χ2v) is 14.4. The molecule has 2 saturated heterocycles. The topological polar surface area (TPSA) is 175 Å². The average Bonchev–Trinajstić information content (AvgIpc) is 4.01. The van der Waals surface area contributed by atoms with Gasteiger partial charge in [-0.25, -0.2) is 19.6 Å². The van der Waals surface area contributed by atoms with E-state index in [1.807, 2.05) is 48.5 Å². The number of ether oxygens (including phenoxy) is 2. The van der Waals surface area contributed by atoms with Crippen LogP contribution in [0.1, 0.15) is 85.3 Å². The molecule has 0 bridgehead atoms. The number of amides is 4. The fourth-order valence-electron chi connectivity index (χ4n) is 7.32. The van der Waals surface area contributed by atoms with Crippen LogP contribution in [0.25, 0.3) is 33.6 Å². The molecule has 4 amide bonds. The number of carbonyl (C=O) groups excluding carboxylic acids is 4. The Kier molecular flexibility index (Phi) is 9.44. The molecule has 4 aromatic rings. The van der Waals surface area contributed by atoms with E-state index in [0.29, 0.717) is 37.6 Å². The van der Waals surface area contributed by atoms with Crippen molar-refractivity contribution in [1.29, 1.82) is 0 Å². The zero-order chi connectivity index (χ0) is 43.5. The molecular formula is C40H50N8O6. The Morgan fingerprint density at radius 3 is 1.39 bits per heavy atom. The van der Waals surface area contributed by atoms with Crippen molar-refractivity contribution in [3.8, 4) is 33.6 Å². The lowest BCUT2D eigenvalue weighted by molar-refractivity contribution is -0.136. The Morgan fingerprint density at radius 2 is 1.04 bits per heavy atom. The van der Waals surface area contributed by atoms with Crippen molar-refractivity contribution < 1.29 is 36.9 Å². The van der Waals surface area contributed by atoms with Crippen molar-refractivity contribution in [2.75, 3.05) is 27.2 Å². The number of alkyl carbamates (subject to hydrolysis) is 2. The Morgan fingerprint density at radius 1 is 0.667 bits per heavy atom. The van der Waals surface area contributed by atoms with Gasteiger partial charge in [-0.3, -0.25) is 9.59 Å². The van der Waals surface area contributed by atoms with Gasteiger partial charge in [0.2, 0.25) is 11.8 Å². The van der Waals surface area contributed by atoms with Crippen molar-refractivity contribution in [2.45, 2.75) is 77.5 Å². The van der Waals surface area contributed by atoms with Crippen molar-refractivity contribution >= 4 is 24.0 Å². The quantitative estimate of drug-likeness (QED) is 0.140. The zero-order valence-corrected chi connectivity index (χ0v) is 30.7. The van der Waals surface area contributed by atoms with Crippen LogP contribution in [0.3, 0.4) is 0 Å². The second-order valence-electron chi connectivity index (χ2n) is 14.4. The molecule has 0 aliphatic carbocycles. The number of rotatable bonds is 11. The predicted octanol–water partition coefficient (Wildman–Crippen LogP) is 6.22. The maximum atomic E-state index is 13.6. The van der Waals surface area contributed by atoms with E-state index in [0.717, 1.165) is 46.5 Å². The summed E-state index contributed by atoms with van der Waals surface area (Å²) in [6.45, 7) is 7.98. The molecule has 4 N–H and O–H groups in total. The summed E-state index contributed by atoms with van der Waals surface area (Å²) >= 11 is 0. The number of methoxy groups -OCH3 is 2. The highest BCUT2D eigenvalue weighted by atomic mass is 16.5. The summed E-state index contributed by atoms with van der Waals surface area (Å²) in [5.74, 6) is -0.0878. The molecule has 0 spiro atoms. The normalized spacial score (nSPS) is 20.3. The number of H-pyrrole nitrogens is 2. The van der Waals surface area contributed by atoms with Gasteiger partial charge < -0.3 is 39.9 Å². The number of aromatic nitrogens is 4. The molecule has 14 nitrogen and oxygen atoms in total. The van der Waals surface area contributed by atoms with Crippen LogP contribution in [-0.2, 0) is 19.1 Å². The molecule has 54 heavy (non-hydrogen) atoms. The van der Waals surface area contributed by atoms with Crippen LogP contribution in [0.5, 0.6) is 0 Å². The monoisotopic (exact) mass is 744 g/mol. The Balaban J connectivity index is 1.09. The smallest absolute Gasteiger partial charge is 0.407 e. The zero-order valence-electron chi connectivity index (χ0n) is 36.7. The van der Waals surface area contributed by atoms with Gasteiger partial charge in [0, 0.05) is 13.1 Å². The van der Waals surface area contributed by atoms with Gasteiger partial charge >= 0.3 is 12.2 Å². The summed E-state index contributed by atoms with van der Waals surface area (Å²) in [6, 6.07) is 13.3. The van der Waals surface area contributed by atoms with E-state index < -0.39 is 38.3 Å². The SMILES string of the molecule is [2H]C([2H])([2H])OC(=O)N[C@H](C(=O)N1CCC[C@@H]1c1ncc(-c2ccc(-c3ccc(-c4cnc([C@H]5CCCN5C(=O)[C@@H](NC(=O)OC([2H])([2H])[2H])C(C)C)[nH]4)cc3)cc2)[nH]1)C(C)C. The van der Waals surface area contributed by atoms with Crippen LogP contribution in [0.2, 0.25) is 0 Å². The molecule has 286 valence electrons. The van der Waals surface area contributed by atoms with Gasteiger partial charge in [0.25, 0.3) is 0 Å². The third kappa shape index (κ3) is 8.12. The van der Waals surface area contributed by atoms with Gasteiger partial charge in [-0.15, -0.1) is 0 Å². The van der Waals surface area contributed by atoms with Gasteiger partial charge in [-0.1, -0.05) is 76.2 Å². The fraction of sp³-hybridized carbons (Fsp3) is 0.450. The molecule has 2 fully saturated rings. The highest BCUT2D eigenvalue weighted by molar-refractivity contribution is 5.87. The summed E-state index contributed by atoms with van der Waals surface area (Å²) in [5, 5.41) is 4.86. The number of nitrogens with one attached hydrogen (secondary N) is 4. The van der Waals surface area contributed by atoms with E-state index in [9.17, 15) is 19.2 Å². The molecule has 0 saturated carbocycles. The number of hydrogen-bond acceptors (Lipinski definition) is 8. The van der Waals surface area contributed by atoms with Crippen molar-refractivity contribution in [3.05, 3.63) is 72.6 Å².